The standard InChI is InChI=1S/C15H22O2/c1-12-9-13(2)11-15(10-12)17-8-6-14-5-3-4-7-16-14/h9-11,14H,3-8H2,1-2H3/t14-/m0/s1. The summed E-state index contributed by atoms with van der Waals surface area (Å²) in [4.78, 5) is 0. The van der Waals surface area contributed by atoms with Gasteiger partial charge in [-0.2, -0.15) is 0 Å². The molecule has 0 amide bonds. The van der Waals surface area contributed by atoms with Gasteiger partial charge in [0, 0.05) is 13.0 Å². The topological polar surface area (TPSA) is 18.5 Å². The zero-order chi connectivity index (χ0) is 12.1. The average Bonchev–Trinajstić information content (AvgIpc) is 2.29. The minimum Gasteiger partial charge on any atom is -0.493 e. The summed E-state index contributed by atoms with van der Waals surface area (Å²) in [7, 11) is 0. The lowest BCUT2D eigenvalue weighted by molar-refractivity contribution is 0.00404. The zero-order valence-corrected chi connectivity index (χ0v) is 10.9. The van der Waals surface area contributed by atoms with Crippen LogP contribution in [0.4, 0.5) is 0 Å². The molecular weight excluding hydrogens is 212 g/mol. The third-order valence-corrected chi connectivity index (χ3v) is 3.18. The van der Waals surface area contributed by atoms with E-state index in [1.54, 1.807) is 0 Å². The van der Waals surface area contributed by atoms with E-state index in [0.29, 0.717) is 6.10 Å². The Balaban J connectivity index is 1.77. The predicted octanol–water partition coefficient (Wildman–Crippen LogP) is 3.64. The predicted molar refractivity (Wildman–Crippen MR) is 69.6 cm³/mol. The molecule has 2 heteroatoms. The Morgan fingerprint density at radius 1 is 1.18 bits per heavy atom. The number of rotatable bonds is 4. The van der Waals surface area contributed by atoms with Crippen molar-refractivity contribution in [1.29, 1.82) is 0 Å². The molecule has 2 rings (SSSR count). The Morgan fingerprint density at radius 2 is 1.94 bits per heavy atom. The van der Waals surface area contributed by atoms with Crippen molar-refractivity contribution in [3.05, 3.63) is 29.3 Å². The summed E-state index contributed by atoms with van der Waals surface area (Å²) in [6.07, 6.45) is 5.13. The second-order valence-corrected chi connectivity index (χ2v) is 4.95. The van der Waals surface area contributed by atoms with Crippen molar-refractivity contribution in [3.63, 3.8) is 0 Å². The molecule has 1 saturated heterocycles. The minimum absolute atomic E-state index is 0.412. The van der Waals surface area contributed by atoms with Crippen LogP contribution in [0.5, 0.6) is 5.75 Å². The number of aryl methyl sites for hydroxylation is 2. The van der Waals surface area contributed by atoms with Crippen molar-refractivity contribution in [1.82, 2.24) is 0 Å². The summed E-state index contributed by atoms with van der Waals surface area (Å²) in [5, 5.41) is 0. The summed E-state index contributed by atoms with van der Waals surface area (Å²) in [6.45, 7) is 5.88. The second-order valence-electron chi connectivity index (χ2n) is 4.95. The lowest BCUT2D eigenvalue weighted by Gasteiger charge is -2.22. The molecule has 0 unspecified atom stereocenters. The number of benzene rings is 1. The molecule has 0 bridgehead atoms. The fourth-order valence-electron chi connectivity index (χ4n) is 2.36. The Hall–Kier alpha value is -1.02. The van der Waals surface area contributed by atoms with Gasteiger partial charge in [-0.3, -0.25) is 0 Å². The Kier molecular flexibility index (Phi) is 4.43. The molecular formula is C15H22O2. The van der Waals surface area contributed by atoms with Crippen LogP contribution in [-0.2, 0) is 4.74 Å². The van der Waals surface area contributed by atoms with Gasteiger partial charge in [-0.05, 0) is 56.4 Å². The van der Waals surface area contributed by atoms with E-state index in [0.717, 1.165) is 25.4 Å². The third-order valence-electron chi connectivity index (χ3n) is 3.18. The molecule has 0 aromatic heterocycles. The quantitative estimate of drug-likeness (QED) is 0.792. The lowest BCUT2D eigenvalue weighted by Crippen LogP contribution is -2.21. The van der Waals surface area contributed by atoms with Gasteiger partial charge in [0.2, 0.25) is 0 Å². The Morgan fingerprint density at radius 3 is 2.59 bits per heavy atom. The first kappa shape index (κ1) is 12.4. The van der Waals surface area contributed by atoms with Crippen LogP contribution in [0.3, 0.4) is 0 Å². The molecule has 0 radical (unpaired) electrons. The molecule has 2 nitrogen and oxygen atoms in total. The van der Waals surface area contributed by atoms with Gasteiger partial charge >= 0.3 is 0 Å². The van der Waals surface area contributed by atoms with Gasteiger partial charge < -0.3 is 9.47 Å². The van der Waals surface area contributed by atoms with E-state index in [1.165, 1.54) is 30.4 Å². The molecule has 94 valence electrons. The monoisotopic (exact) mass is 234 g/mol. The van der Waals surface area contributed by atoms with E-state index in [2.05, 4.69) is 32.0 Å². The average molecular weight is 234 g/mol. The molecule has 1 aromatic rings. The second kappa shape index (κ2) is 6.06. The van der Waals surface area contributed by atoms with Crippen molar-refractivity contribution >= 4 is 0 Å². The van der Waals surface area contributed by atoms with Crippen molar-refractivity contribution in [3.8, 4) is 5.75 Å². The maximum absolute atomic E-state index is 5.79. The molecule has 1 fully saturated rings. The highest BCUT2D eigenvalue weighted by Crippen LogP contribution is 2.19. The van der Waals surface area contributed by atoms with Crippen LogP contribution in [0, 0.1) is 13.8 Å². The van der Waals surface area contributed by atoms with E-state index in [9.17, 15) is 0 Å². The first-order chi connectivity index (χ1) is 8.24. The fourth-order valence-corrected chi connectivity index (χ4v) is 2.36. The van der Waals surface area contributed by atoms with Gasteiger partial charge in [0.1, 0.15) is 5.75 Å². The number of hydrogen-bond donors (Lipinski definition) is 0. The molecule has 1 aliphatic heterocycles. The van der Waals surface area contributed by atoms with Gasteiger partial charge in [-0.15, -0.1) is 0 Å². The van der Waals surface area contributed by atoms with Gasteiger partial charge in [0.05, 0.1) is 12.7 Å². The van der Waals surface area contributed by atoms with Crippen molar-refractivity contribution in [2.24, 2.45) is 0 Å². The maximum atomic E-state index is 5.79. The van der Waals surface area contributed by atoms with Crippen LogP contribution in [0.2, 0.25) is 0 Å². The number of ether oxygens (including phenoxy) is 2. The third kappa shape index (κ3) is 4.04. The summed E-state index contributed by atoms with van der Waals surface area (Å²) >= 11 is 0. The van der Waals surface area contributed by atoms with Crippen LogP contribution in [0.25, 0.3) is 0 Å². The van der Waals surface area contributed by atoms with E-state index in [4.69, 9.17) is 9.47 Å². The largest absolute Gasteiger partial charge is 0.493 e. The van der Waals surface area contributed by atoms with Crippen LogP contribution >= 0.6 is 0 Å². The Bertz CT molecular complexity index is 334. The number of hydrogen-bond acceptors (Lipinski definition) is 2. The molecule has 17 heavy (non-hydrogen) atoms. The zero-order valence-electron chi connectivity index (χ0n) is 10.9. The normalized spacial score (nSPS) is 20.2. The first-order valence-electron chi connectivity index (χ1n) is 6.57. The van der Waals surface area contributed by atoms with E-state index < -0.39 is 0 Å². The highest BCUT2D eigenvalue weighted by Gasteiger charge is 2.13. The maximum Gasteiger partial charge on any atom is 0.119 e. The summed E-state index contributed by atoms with van der Waals surface area (Å²) in [5.41, 5.74) is 2.52. The van der Waals surface area contributed by atoms with Crippen LogP contribution in [0.1, 0.15) is 36.8 Å². The van der Waals surface area contributed by atoms with Gasteiger partial charge in [-0.25, -0.2) is 0 Å². The van der Waals surface area contributed by atoms with Crippen LogP contribution < -0.4 is 4.74 Å². The highest BCUT2D eigenvalue weighted by atomic mass is 16.5. The van der Waals surface area contributed by atoms with Crippen molar-refractivity contribution in [2.75, 3.05) is 13.2 Å². The molecule has 1 heterocycles. The van der Waals surface area contributed by atoms with Crippen molar-refractivity contribution < 1.29 is 9.47 Å². The SMILES string of the molecule is Cc1cc(C)cc(OCC[C@@H]2CCCCO2)c1. The summed E-state index contributed by atoms with van der Waals surface area (Å²) in [6, 6.07) is 6.35. The summed E-state index contributed by atoms with van der Waals surface area (Å²) in [5.74, 6) is 0.985. The smallest absolute Gasteiger partial charge is 0.119 e. The molecule has 1 aliphatic rings. The molecule has 1 aromatic carbocycles. The van der Waals surface area contributed by atoms with Crippen molar-refractivity contribution in [2.45, 2.75) is 45.6 Å². The Labute approximate surface area is 104 Å². The van der Waals surface area contributed by atoms with E-state index >= 15 is 0 Å². The van der Waals surface area contributed by atoms with Crippen LogP contribution in [-0.4, -0.2) is 19.3 Å². The van der Waals surface area contributed by atoms with Gasteiger partial charge in [0.25, 0.3) is 0 Å². The van der Waals surface area contributed by atoms with Gasteiger partial charge in [0.15, 0.2) is 0 Å². The van der Waals surface area contributed by atoms with Crippen LogP contribution in [0.15, 0.2) is 18.2 Å². The van der Waals surface area contributed by atoms with Gasteiger partial charge in [-0.1, -0.05) is 6.07 Å². The highest BCUT2D eigenvalue weighted by molar-refractivity contribution is 5.32. The first-order valence-corrected chi connectivity index (χ1v) is 6.57. The molecule has 0 aliphatic carbocycles. The molecule has 0 N–H and O–H groups in total. The lowest BCUT2D eigenvalue weighted by atomic mass is 10.1. The fraction of sp³-hybridized carbons (Fsp3) is 0.600. The molecule has 0 saturated carbocycles. The summed E-state index contributed by atoms with van der Waals surface area (Å²) < 4.78 is 11.5. The van der Waals surface area contributed by atoms with E-state index in [1.807, 2.05) is 0 Å². The molecule has 0 spiro atoms. The minimum atomic E-state index is 0.412. The molecule has 1 atom stereocenters. The van der Waals surface area contributed by atoms with E-state index in [-0.39, 0.29) is 0 Å².